The average molecular weight is 473 g/mol. The number of hydrogen-bond acceptors (Lipinski definition) is 3. The Labute approximate surface area is 201 Å². The Kier molecular flexibility index (Phi) is 11.2. The third-order valence-corrected chi connectivity index (χ3v) is 5.40. The first-order valence-corrected chi connectivity index (χ1v) is 11.9. The van der Waals surface area contributed by atoms with Gasteiger partial charge in [0.2, 0.25) is 0 Å². The molecule has 6 heteroatoms. The molecule has 0 spiro atoms. The van der Waals surface area contributed by atoms with Crippen molar-refractivity contribution >= 4 is 0 Å². The number of pyridine rings is 1. The summed E-state index contributed by atoms with van der Waals surface area (Å²) >= 11 is 0. The van der Waals surface area contributed by atoms with E-state index in [4.69, 9.17) is 4.74 Å². The highest BCUT2D eigenvalue weighted by atomic mass is 19.4. The van der Waals surface area contributed by atoms with Crippen LogP contribution in [0.5, 0.6) is 0 Å². The summed E-state index contributed by atoms with van der Waals surface area (Å²) < 4.78 is 44.9. The van der Waals surface area contributed by atoms with Crippen LogP contribution in [0.15, 0.2) is 79.1 Å². The van der Waals surface area contributed by atoms with Gasteiger partial charge in [-0.05, 0) is 17.2 Å². The highest BCUT2D eigenvalue weighted by Gasteiger charge is 2.35. The van der Waals surface area contributed by atoms with Gasteiger partial charge in [-0.25, -0.2) is 0 Å². The lowest BCUT2D eigenvalue weighted by Crippen LogP contribution is -2.50. The Bertz CT molecular complexity index is 903. The van der Waals surface area contributed by atoms with Crippen LogP contribution in [0, 0.1) is 5.92 Å². The normalized spacial score (nSPS) is 13.9. The quantitative estimate of drug-likeness (QED) is 0.358. The number of aromatic nitrogens is 1. The molecule has 0 aliphatic carbocycles. The van der Waals surface area contributed by atoms with E-state index in [0.29, 0.717) is 12.5 Å². The van der Waals surface area contributed by atoms with Crippen molar-refractivity contribution in [3.05, 3.63) is 101 Å². The Hall–Kier alpha value is -2.70. The number of benzene rings is 2. The molecule has 3 nitrogen and oxygen atoms in total. The molecule has 0 amide bonds. The van der Waals surface area contributed by atoms with Gasteiger partial charge < -0.3 is 4.74 Å². The summed E-state index contributed by atoms with van der Waals surface area (Å²) in [4.78, 5) is 6.18. The van der Waals surface area contributed by atoms with Crippen LogP contribution in [0.4, 0.5) is 13.2 Å². The Morgan fingerprint density at radius 3 is 1.91 bits per heavy atom. The molecule has 0 atom stereocenters. The largest absolute Gasteiger partial charge is 0.416 e. The van der Waals surface area contributed by atoms with Crippen LogP contribution in [0.1, 0.15) is 56.0 Å². The zero-order valence-electron chi connectivity index (χ0n) is 20.4. The number of ether oxygens (including phenoxy) is 1. The molecule has 2 aromatic carbocycles. The lowest BCUT2D eigenvalue weighted by Gasteiger charge is -2.44. The number of hydrogen-bond donors (Lipinski definition) is 0. The molecule has 1 aliphatic rings. The van der Waals surface area contributed by atoms with E-state index in [2.05, 4.69) is 34.1 Å². The number of rotatable bonds is 7. The van der Waals surface area contributed by atoms with E-state index >= 15 is 0 Å². The first-order chi connectivity index (χ1) is 16.5. The van der Waals surface area contributed by atoms with E-state index in [1.807, 2.05) is 64.1 Å². The molecule has 1 aromatic heterocycles. The summed E-state index contributed by atoms with van der Waals surface area (Å²) in [5.74, 6) is 0.297. The second-order valence-electron chi connectivity index (χ2n) is 7.59. The lowest BCUT2D eigenvalue weighted by atomic mass is 9.90. The molecule has 184 valence electrons. The summed E-state index contributed by atoms with van der Waals surface area (Å²) in [6.07, 6.45) is -2.01. The van der Waals surface area contributed by atoms with Gasteiger partial charge in [-0.1, -0.05) is 88.4 Å². The third kappa shape index (κ3) is 7.40. The standard InChI is InChI=1S/C24H23F3N2O.2C2H6/c25-24(26,27)22-11-12-28-13-21(22)17-30-16-18-14-29(15-18)23(19-7-3-1-4-8-19)20-9-5-2-6-10-20;2*1-2/h1-13,18,23H,14-17H2;2*1-2H3. The summed E-state index contributed by atoms with van der Waals surface area (Å²) in [5.41, 5.74) is 1.86. The molecule has 0 bridgehead atoms. The fourth-order valence-electron chi connectivity index (χ4n) is 3.97. The zero-order chi connectivity index (χ0) is 25.0. The van der Waals surface area contributed by atoms with Crippen LogP contribution < -0.4 is 0 Å². The van der Waals surface area contributed by atoms with E-state index in [1.54, 1.807) is 0 Å². The fourth-order valence-corrected chi connectivity index (χ4v) is 3.97. The zero-order valence-corrected chi connectivity index (χ0v) is 20.4. The molecular formula is C28H35F3N2O. The number of alkyl halides is 3. The molecule has 34 heavy (non-hydrogen) atoms. The Balaban J connectivity index is 0.000000970. The minimum Gasteiger partial charge on any atom is -0.376 e. The Morgan fingerprint density at radius 2 is 1.41 bits per heavy atom. The van der Waals surface area contributed by atoms with Crippen LogP contribution >= 0.6 is 0 Å². The van der Waals surface area contributed by atoms with E-state index in [1.165, 1.54) is 17.3 Å². The number of halogens is 3. The summed E-state index contributed by atoms with van der Waals surface area (Å²) in [6.45, 7) is 10.0. The van der Waals surface area contributed by atoms with E-state index < -0.39 is 11.7 Å². The van der Waals surface area contributed by atoms with Crippen molar-refractivity contribution < 1.29 is 17.9 Å². The van der Waals surface area contributed by atoms with Crippen molar-refractivity contribution in [2.24, 2.45) is 5.92 Å². The molecule has 3 aromatic rings. The molecule has 0 unspecified atom stereocenters. The van der Waals surface area contributed by atoms with Crippen LogP contribution in [0.25, 0.3) is 0 Å². The fraction of sp³-hybridized carbons (Fsp3) is 0.393. The average Bonchev–Trinajstić information content (AvgIpc) is 2.86. The first-order valence-electron chi connectivity index (χ1n) is 11.9. The maximum Gasteiger partial charge on any atom is 0.416 e. The molecule has 0 saturated carbocycles. The topological polar surface area (TPSA) is 25.4 Å². The van der Waals surface area contributed by atoms with Gasteiger partial charge in [0.25, 0.3) is 0 Å². The SMILES string of the molecule is CC.CC.FC(F)(F)c1ccncc1COCC1CN(C(c2ccccc2)c2ccccc2)C1. The smallest absolute Gasteiger partial charge is 0.376 e. The van der Waals surface area contributed by atoms with Crippen molar-refractivity contribution in [3.8, 4) is 0 Å². The van der Waals surface area contributed by atoms with Gasteiger partial charge in [-0.3, -0.25) is 9.88 Å². The van der Waals surface area contributed by atoms with E-state index in [9.17, 15) is 13.2 Å². The van der Waals surface area contributed by atoms with Gasteiger partial charge in [0.1, 0.15) is 0 Å². The molecule has 4 rings (SSSR count). The first kappa shape index (κ1) is 27.5. The Morgan fingerprint density at radius 1 is 0.882 bits per heavy atom. The minimum absolute atomic E-state index is 0.0765. The van der Waals surface area contributed by atoms with Gasteiger partial charge >= 0.3 is 6.18 Å². The van der Waals surface area contributed by atoms with Gasteiger partial charge in [0, 0.05) is 37.0 Å². The summed E-state index contributed by atoms with van der Waals surface area (Å²) in [7, 11) is 0. The molecule has 0 radical (unpaired) electrons. The van der Waals surface area contributed by atoms with Gasteiger partial charge in [0.15, 0.2) is 0 Å². The maximum atomic E-state index is 13.1. The molecular weight excluding hydrogens is 437 g/mol. The van der Waals surface area contributed by atoms with Crippen molar-refractivity contribution in [2.75, 3.05) is 19.7 Å². The second kappa shape index (κ2) is 13.9. The highest BCUT2D eigenvalue weighted by Crippen LogP contribution is 2.35. The highest BCUT2D eigenvalue weighted by molar-refractivity contribution is 5.32. The monoisotopic (exact) mass is 472 g/mol. The minimum atomic E-state index is -4.40. The van der Waals surface area contributed by atoms with Crippen LogP contribution in [-0.4, -0.2) is 29.6 Å². The van der Waals surface area contributed by atoms with Gasteiger partial charge in [-0.2, -0.15) is 13.2 Å². The molecule has 1 saturated heterocycles. The summed E-state index contributed by atoms with van der Waals surface area (Å²) in [6, 6.07) is 21.8. The summed E-state index contributed by atoms with van der Waals surface area (Å²) in [5, 5.41) is 0. The maximum absolute atomic E-state index is 13.1. The van der Waals surface area contributed by atoms with Crippen molar-refractivity contribution in [2.45, 2.75) is 46.5 Å². The van der Waals surface area contributed by atoms with Crippen molar-refractivity contribution in [1.29, 1.82) is 0 Å². The molecule has 0 N–H and O–H groups in total. The molecule has 2 heterocycles. The van der Waals surface area contributed by atoms with E-state index in [0.717, 1.165) is 25.4 Å². The van der Waals surface area contributed by atoms with Crippen LogP contribution in [0.3, 0.4) is 0 Å². The molecule has 1 fully saturated rings. The van der Waals surface area contributed by atoms with Crippen LogP contribution in [0.2, 0.25) is 0 Å². The van der Waals surface area contributed by atoms with Gasteiger partial charge in [-0.15, -0.1) is 0 Å². The number of nitrogens with zero attached hydrogens (tertiary/aromatic N) is 2. The predicted octanol–water partition coefficient (Wildman–Crippen LogP) is 7.39. The molecule has 1 aliphatic heterocycles. The van der Waals surface area contributed by atoms with Crippen LogP contribution in [-0.2, 0) is 17.5 Å². The van der Waals surface area contributed by atoms with E-state index in [-0.39, 0.29) is 18.2 Å². The third-order valence-electron chi connectivity index (χ3n) is 5.40. The lowest BCUT2D eigenvalue weighted by molar-refractivity contribution is -0.139. The van der Waals surface area contributed by atoms with Gasteiger partial charge in [0.05, 0.1) is 24.8 Å². The second-order valence-corrected chi connectivity index (χ2v) is 7.59. The van der Waals surface area contributed by atoms with Crippen molar-refractivity contribution in [3.63, 3.8) is 0 Å². The van der Waals surface area contributed by atoms with Crippen molar-refractivity contribution in [1.82, 2.24) is 9.88 Å². The predicted molar refractivity (Wildman–Crippen MR) is 131 cm³/mol. The number of likely N-dealkylation sites (tertiary alicyclic amines) is 1.